The zero-order valence-electron chi connectivity index (χ0n) is 17.9. The summed E-state index contributed by atoms with van der Waals surface area (Å²) in [5.74, 6) is 0.284. The zero-order valence-corrected chi connectivity index (χ0v) is 18.6. The molecule has 160 valence electrons. The maximum atomic E-state index is 12.5. The van der Waals surface area contributed by atoms with Gasteiger partial charge in [-0.25, -0.2) is 15.4 Å². The summed E-state index contributed by atoms with van der Waals surface area (Å²) in [4.78, 5) is 21.0. The van der Waals surface area contributed by atoms with Gasteiger partial charge in [-0.05, 0) is 60.7 Å². The molecule has 0 fully saturated rings. The van der Waals surface area contributed by atoms with Crippen molar-refractivity contribution in [1.29, 1.82) is 0 Å². The van der Waals surface area contributed by atoms with Gasteiger partial charge in [0.05, 0.1) is 19.0 Å². The molecule has 0 aliphatic carbocycles. The fourth-order valence-electron chi connectivity index (χ4n) is 3.04. The first kappa shape index (κ1) is 22.4. The number of amides is 1. The molecule has 1 N–H and O–H groups in total. The molecule has 3 aromatic rings. The van der Waals surface area contributed by atoms with Crippen LogP contribution in [-0.4, -0.2) is 28.7 Å². The number of nitrogens with zero attached hydrogens (tertiary/aromatic N) is 3. The van der Waals surface area contributed by atoms with Gasteiger partial charge in [0.15, 0.2) is 5.15 Å². The summed E-state index contributed by atoms with van der Waals surface area (Å²) < 4.78 is 5.45. The number of carbonyl (C=O) groups is 1. The van der Waals surface area contributed by atoms with Gasteiger partial charge >= 0.3 is 0 Å². The van der Waals surface area contributed by atoms with E-state index in [-0.39, 0.29) is 10.8 Å². The average molecular weight is 437 g/mol. The molecular formula is C24H25ClN4O2. The summed E-state index contributed by atoms with van der Waals surface area (Å²) in [5, 5.41) is 4.30. The lowest BCUT2D eigenvalue weighted by Crippen LogP contribution is -2.19. The van der Waals surface area contributed by atoms with Crippen LogP contribution in [0.1, 0.15) is 48.0 Å². The van der Waals surface area contributed by atoms with Gasteiger partial charge in [0.25, 0.3) is 5.91 Å². The van der Waals surface area contributed by atoms with Crippen LogP contribution in [-0.2, 0) is 12.8 Å². The number of hydrazone groups is 1. The Morgan fingerprint density at radius 1 is 1.10 bits per heavy atom. The maximum Gasteiger partial charge on any atom is 0.291 e. The minimum absolute atomic E-state index is 0.127. The first-order valence-corrected chi connectivity index (χ1v) is 10.6. The minimum Gasteiger partial charge on any atom is -0.494 e. The molecule has 0 aliphatic heterocycles. The van der Waals surface area contributed by atoms with Crippen molar-refractivity contribution in [2.45, 2.75) is 33.6 Å². The third kappa shape index (κ3) is 5.89. The van der Waals surface area contributed by atoms with Crippen LogP contribution in [0.5, 0.6) is 5.75 Å². The summed E-state index contributed by atoms with van der Waals surface area (Å²) in [7, 11) is 0. The second kappa shape index (κ2) is 10.7. The number of aryl methyl sites for hydroxylation is 2. The molecule has 1 amide bonds. The Balaban J connectivity index is 1.75. The lowest BCUT2D eigenvalue weighted by molar-refractivity contribution is 0.0950. The molecule has 7 heteroatoms. The molecule has 0 aliphatic rings. The van der Waals surface area contributed by atoms with Crippen LogP contribution < -0.4 is 10.2 Å². The molecule has 0 saturated heterocycles. The van der Waals surface area contributed by atoms with Crippen molar-refractivity contribution < 1.29 is 9.53 Å². The van der Waals surface area contributed by atoms with Crippen molar-refractivity contribution in [3.05, 3.63) is 76.2 Å². The smallest absolute Gasteiger partial charge is 0.291 e. The SMILES string of the molecule is CCOc1ccc(-c2nc(C(=O)N/N=C/c3cc(CC)cc(CC)c3)cnc2Cl)cc1. The number of benzene rings is 2. The van der Waals surface area contributed by atoms with Gasteiger partial charge in [-0.2, -0.15) is 5.10 Å². The van der Waals surface area contributed by atoms with Gasteiger partial charge in [0.2, 0.25) is 0 Å². The van der Waals surface area contributed by atoms with E-state index in [1.807, 2.05) is 31.2 Å². The summed E-state index contributed by atoms with van der Waals surface area (Å²) in [6, 6.07) is 13.6. The van der Waals surface area contributed by atoms with Crippen LogP contribution in [0.2, 0.25) is 5.15 Å². The van der Waals surface area contributed by atoms with Crippen molar-refractivity contribution in [2.75, 3.05) is 6.61 Å². The minimum atomic E-state index is -0.463. The van der Waals surface area contributed by atoms with E-state index in [2.05, 4.69) is 52.5 Å². The second-order valence-electron chi connectivity index (χ2n) is 6.84. The van der Waals surface area contributed by atoms with Crippen LogP contribution in [0.4, 0.5) is 0 Å². The Hall–Kier alpha value is -3.25. The lowest BCUT2D eigenvalue weighted by atomic mass is 10.0. The molecule has 0 unspecified atom stereocenters. The monoisotopic (exact) mass is 436 g/mol. The summed E-state index contributed by atoms with van der Waals surface area (Å²) >= 11 is 6.21. The normalized spacial score (nSPS) is 11.0. The second-order valence-corrected chi connectivity index (χ2v) is 7.20. The Morgan fingerprint density at radius 2 is 1.77 bits per heavy atom. The number of aromatic nitrogens is 2. The lowest BCUT2D eigenvalue weighted by Gasteiger charge is -2.07. The quantitative estimate of drug-likeness (QED) is 0.394. The Bertz CT molecular complexity index is 1060. The number of rotatable bonds is 8. The van der Waals surface area contributed by atoms with Crippen molar-refractivity contribution in [3.8, 4) is 17.0 Å². The van der Waals surface area contributed by atoms with E-state index < -0.39 is 5.91 Å². The van der Waals surface area contributed by atoms with E-state index in [4.69, 9.17) is 16.3 Å². The highest BCUT2D eigenvalue weighted by atomic mass is 35.5. The highest BCUT2D eigenvalue weighted by Gasteiger charge is 2.13. The summed E-state index contributed by atoms with van der Waals surface area (Å²) in [5.41, 5.74) is 7.20. The standard InChI is InChI=1S/C24H25ClN4O2/c1-4-16-11-17(5-2)13-18(12-16)14-27-29-24(30)21-15-26-23(25)22(28-21)19-7-9-20(10-8-19)31-6-3/h7-15H,4-6H2,1-3H3,(H,29,30)/b27-14+. The van der Waals surface area contributed by atoms with Crippen molar-refractivity contribution >= 4 is 23.7 Å². The first-order chi connectivity index (χ1) is 15.0. The molecule has 0 atom stereocenters. The van der Waals surface area contributed by atoms with E-state index in [9.17, 15) is 4.79 Å². The number of ether oxygens (including phenoxy) is 1. The van der Waals surface area contributed by atoms with Crippen molar-refractivity contribution in [1.82, 2.24) is 15.4 Å². The van der Waals surface area contributed by atoms with Crippen LogP contribution >= 0.6 is 11.6 Å². The maximum absolute atomic E-state index is 12.5. The fourth-order valence-corrected chi connectivity index (χ4v) is 3.24. The van der Waals surface area contributed by atoms with E-state index in [0.29, 0.717) is 12.3 Å². The number of carbonyl (C=O) groups excluding carboxylic acids is 1. The molecule has 1 heterocycles. The predicted octanol–water partition coefficient (Wildman–Crippen LogP) is 5.08. The van der Waals surface area contributed by atoms with Gasteiger partial charge < -0.3 is 4.74 Å². The first-order valence-electron chi connectivity index (χ1n) is 10.3. The third-order valence-electron chi connectivity index (χ3n) is 4.67. The van der Waals surface area contributed by atoms with Gasteiger partial charge in [0.1, 0.15) is 17.1 Å². The molecule has 2 aromatic carbocycles. The topological polar surface area (TPSA) is 76.5 Å². The molecule has 3 rings (SSSR count). The van der Waals surface area contributed by atoms with E-state index >= 15 is 0 Å². The number of nitrogens with one attached hydrogen (secondary N) is 1. The van der Waals surface area contributed by atoms with Crippen LogP contribution in [0.25, 0.3) is 11.3 Å². The largest absolute Gasteiger partial charge is 0.494 e. The molecule has 31 heavy (non-hydrogen) atoms. The summed E-state index contributed by atoms with van der Waals surface area (Å²) in [6.45, 7) is 6.72. The van der Waals surface area contributed by atoms with E-state index in [0.717, 1.165) is 29.7 Å². The van der Waals surface area contributed by atoms with Crippen LogP contribution in [0, 0.1) is 0 Å². The zero-order chi connectivity index (χ0) is 22.2. The average Bonchev–Trinajstić information content (AvgIpc) is 2.80. The Kier molecular flexibility index (Phi) is 7.73. The van der Waals surface area contributed by atoms with Gasteiger partial charge in [0, 0.05) is 5.56 Å². The molecule has 0 bridgehead atoms. The number of halogens is 1. The molecule has 0 saturated carbocycles. The number of hydrogen-bond acceptors (Lipinski definition) is 5. The van der Waals surface area contributed by atoms with Crippen molar-refractivity contribution in [2.24, 2.45) is 5.10 Å². The molecule has 6 nitrogen and oxygen atoms in total. The van der Waals surface area contributed by atoms with Crippen LogP contribution in [0.15, 0.2) is 53.8 Å². The van der Waals surface area contributed by atoms with Crippen LogP contribution in [0.3, 0.4) is 0 Å². The van der Waals surface area contributed by atoms with E-state index in [1.165, 1.54) is 17.3 Å². The molecular weight excluding hydrogens is 412 g/mol. The Labute approximate surface area is 187 Å². The van der Waals surface area contributed by atoms with Gasteiger partial charge in [-0.1, -0.05) is 43.6 Å². The predicted molar refractivity (Wildman–Crippen MR) is 124 cm³/mol. The molecule has 0 spiro atoms. The van der Waals surface area contributed by atoms with Crippen molar-refractivity contribution in [3.63, 3.8) is 0 Å². The van der Waals surface area contributed by atoms with Gasteiger partial charge in [-0.3, -0.25) is 4.79 Å². The Morgan fingerprint density at radius 3 is 2.39 bits per heavy atom. The highest BCUT2D eigenvalue weighted by molar-refractivity contribution is 6.31. The molecule has 1 aromatic heterocycles. The third-order valence-corrected chi connectivity index (χ3v) is 4.95. The summed E-state index contributed by atoms with van der Waals surface area (Å²) in [6.07, 6.45) is 4.84. The van der Waals surface area contributed by atoms with E-state index in [1.54, 1.807) is 6.21 Å². The fraction of sp³-hybridized carbons (Fsp3) is 0.250. The molecule has 0 radical (unpaired) electrons. The number of hydrogen-bond donors (Lipinski definition) is 1. The van der Waals surface area contributed by atoms with Gasteiger partial charge in [-0.15, -0.1) is 0 Å². The highest BCUT2D eigenvalue weighted by Crippen LogP contribution is 2.26.